The van der Waals surface area contributed by atoms with E-state index in [1.165, 1.54) is 17.1 Å². The molecule has 160 valence electrons. The summed E-state index contributed by atoms with van der Waals surface area (Å²) in [6, 6.07) is 10.7. The quantitative estimate of drug-likeness (QED) is 0.509. The Hall–Kier alpha value is -2.62. The van der Waals surface area contributed by atoms with Crippen LogP contribution in [0.1, 0.15) is 18.4 Å². The predicted molar refractivity (Wildman–Crippen MR) is 119 cm³/mol. The summed E-state index contributed by atoms with van der Waals surface area (Å²) in [6.45, 7) is 1.97. The summed E-state index contributed by atoms with van der Waals surface area (Å²) in [5, 5.41) is 4.53. The molecule has 8 nitrogen and oxygen atoms in total. The third kappa shape index (κ3) is 5.94. The average Bonchev–Trinajstić information content (AvgIpc) is 3.52. The van der Waals surface area contributed by atoms with E-state index in [1.54, 1.807) is 18.8 Å². The molecule has 1 aromatic carbocycles. The maximum Gasteiger partial charge on any atom is 0.248 e. The number of benzene rings is 1. The van der Waals surface area contributed by atoms with Gasteiger partial charge in [0.2, 0.25) is 17.9 Å². The Bertz CT molecular complexity index is 919. The van der Waals surface area contributed by atoms with Crippen LogP contribution >= 0.6 is 23.9 Å². The monoisotopic (exact) mass is 448 g/mol. The number of anilines is 1. The molecule has 0 aliphatic carbocycles. The number of nitrogens with one attached hydrogen (secondary N) is 1. The van der Waals surface area contributed by atoms with Crippen molar-refractivity contribution in [2.24, 2.45) is 0 Å². The molecule has 1 unspecified atom stereocenters. The second kappa shape index (κ2) is 11.0. The summed E-state index contributed by atoms with van der Waals surface area (Å²) >= 11 is 1.39. The van der Waals surface area contributed by atoms with Crippen molar-refractivity contribution in [3.8, 4) is 5.95 Å². The molecule has 1 atom stereocenters. The van der Waals surface area contributed by atoms with Crippen LogP contribution in [-0.4, -0.2) is 45.3 Å². The molecule has 2 aromatic heterocycles. The van der Waals surface area contributed by atoms with Crippen molar-refractivity contribution >= 4 is 29.1 Å². The van der Waals surface area contributed by atoms with Crippen molar-refractivity contribution in [1.82, 2.24) is 24.2 Å². The van der Waals surface area contributed by atoms with Gasteiger partial charge in [-0.1, -0.05) is 30.3 Å². The standard InChI is InChI=1S/C20H24N6O2S.ClH/c1-25(20-23-19(24-29-20)26-10-8-21-14-26)9-7-17(11-18-13-27-15-28-18)22-12-16-5-3-2-4-6-16;/h2-6,8,10,13-14,17,22H,7,9,11-12,15H2,1H3;1H. The largest absolute Gasteiger partial charge is 0.462 e. The van der Waals surface area contributed by atoms with Gasteiger partial charge in [-0.3, -0.25) is 4.57 Å². The minimum Gasteiger partial charge on any atom is -0.462 e. The number of nitrogens with zero attached hydrogens (tertiary/aromatic N) is 5. The van der Waals surface area contributed by atoms with Crippen LogP contribution in [-0.2, 0) is 16.0 Å². The summed E-state index contributed by atoms with van der Waals surface area (Å²) in [6.07, 6.45) is 8.70. The first kappa shape index (κ1) is 22.1. The molecule has 0 fully saturated rings. The second-order valence-corrected chi connectivity index (χ2v) is 7.57. The molecule has 10 heteroatoms. The third-order valence-electron chi connectivity index (χ3n) is 4.69. The lowest BCUT2D eigenvalue weighted by Crippen LogP contribution is -2.33. The van der Waals surface area contributed by atoms with Crippen LogP contribution in [0.25, 0.3) is 5.95 Å². The van der Waals surface area contributed by atoms with E-state index in [4.69, 9.17) is 9.47 Å². The van der Waals surface area contributed by atoms with Crippen molar-refractivity contribution in [2.75, 3.05) is 25.3 Å². The number of rotatable bonds is 10. The normalized spacial score (nSPS) is 13.7. The molecular formula is C20H25ClN6O2S. The van der Waals surface area contributed by atoms with Crippen molar-refractivity contribution in [1.29, 1.82) is 0 Å². The van der Waals surface area contributed by atoms with Crippen LogP contribution in [0.2, 0.25) is 0 Å². The van der Waals surface area contributed by atoms with Gasteiger partial charge in [-0.15, -0.1) is 12.4 Å². The Balaban J connectivity index is 0.00000256. The van der Waals surface area contributed by atoms with Crippen LogP contribution in [0.15, 0.2) is 61.1 Å². The summed E-state index contributed by atoms with van der Waals surface area (Å²) in [5.41, 5.74) is 1.26. The van der Waals surface area contributed by atoms with E-state index in [9.17, 15) is 0 Å². The van der Waals surface area contributed by atoms with Gasteiger partial charge >= 0.3 is 0 Å². The van der Waals surface area contributed by atoms with Crippen LogP contribution in [0.3, 0.4) is 0 Å². The molecule has 4 rings (SSSR count). The molecular weight excluding hydrogens is 424 g/mol. The summed E-state index contributed by atoms with van der Waals surface area (Å²) in [7, 11) is 2.04. The maximum absolute atomic E-state index is 5.53. The molecule has 0 saturated carbocycles. The first-order chi connectivity index (χ1) is 14.3. The summed E-state index contributed by atoms with van der Waals surface area (Å²) in [5.74, 6) is 1.53. The number of halogens is 1. The molecule has 1 aliphatic heterocycles. The zero-order valence-electron chi connectivity index (χ0n) is 16.7. The van der Waals surface area contributed by atoms with E-state index in [0.717, 1.165) is 36.8 Å². The van der Waals surface area contributed by atoms with E-state index in [1.807, 2.05) is 23.9 Å². The Morgan fingerprint density at radius 2 is 2.17 bits per heavy atom. The van der Waals surface area contributed by atoms with Gasteiger partial charge in [-0.05, 0) is 12.0 Å². The van der Waals surface area contributed by atoms with Crippen LogP contribution in [0.5, 0.6) is 0 Å². The fraction of sp³-hybridized carbons (Fsp3) is 0.350. The van der Waals surface area contributed by atoms with Gasteiger partial charge in [0.15, 0.2) is 0 Å². The van der Waals surface area contributed by atoms with E-state index in [-0.39, 0.29) is 18.4 Å². The fourth-order valence-electron chi connectivity index (χ4n) is 3.05. The van der Waals surface area contributed by atoms with Crippen molar-refractivity contribution in [3.63, 3.8) is 0 Å². The predicted octanol–water partition coefficient (Wildman–Crippen LogP) is 3.37. The van der Waals surface area contributed by atoms with Crippen LogP contribution < -0.4 is 10.2 Å². The van der Waals surface area contributed by atoms with Crippen molar-refractivity contribution in [3.05, 3.63) is 66.6 Å². The minimum absolute atomic E-state index is 0. The highest BCUT2D eigenvalue weighted by Gasteiger charge is 2.17. The Kier molecular flexibility index (Phi) is 8.06. The summed E-state index contributed by atoms with van der Waals surface area (Å²) in [4.78, 5) is 10.8. The van der Waals surface area contributed by atoms with Gasteiger partial charge in [0.25, 0.3) is 0 Å². The van der Waals surface area contributed by atoms with Crippen LogP contribution in [0.4, 0.5) is 5.13 Å². The third-order valence-corrected chi connectivity index (χ3v) is 5.51. The van der Waals surface area contributed by atoms with Gasteiger partial charge in [-0.2, -0.15) is 9.36 Å². The lowest BCUT2D eigenvalue weighted by molar-refractivity contribution is 0.0762. The topological polar surface area (TPSA) is 77.3 Å². The second-order valence-electron chi connectivity index (χ2n) is 6.84. The van der Waals surface area contributed by atoms with Gasteiger partial charge in [0, 0.05) is 56.5 Å². The zero-order valence-corrected chi connectivity index (χ0v) is 18.3. The summed E-state index contributed by atoms with van der Waals surface area (Å²) < 4.78 is 17.0. The lowest BCUT2D eigenvalue weighted by Gasteiger charge is -2.22. The highest BCUT2D eigenvalue weighted by molar-refractivity contribution is 7.09. The van der Waals surface area contributed by atoms with Gasteiger partial charge in [-0.25, -0.2) is 4.98 Å². The Labute approximate surface area is 186 Å². The first-order valence-electron chi connectivity index (χ1n) is 9.52. The van der Waals surface area contributed by atoms with Gasteiger partial charge in [0.05, 0.1) is 0 Å². The van der Waals surface area contributed by atoms with Crippen LogP contribution in [0, 0.1) is 0 Å². The zero-order chi connectivity index (χ0) is 19.9. The number of ether oxygens (including phenoxy) is 2. The van der Waals surface area contributed by atoms with E-state index < -0.39 is 0 Å². The van der Waals surface area contributed by atoms with Crippen molar-refractivity contribution in [2.45, 2.75) is 25.4 Å². The molecule has 30 heavy (non-hydrogen) atoms. The lowest BCUT2D eigenvalue weighted by atomic mass is 10.1. The number of aromatic nitrogens is 4. The highest BCUT2D eigenvalue weighted by atomic mass is 35.5. The number of hydrogen-bond donors (Lipinski definition) is 1. The molecule has 0 amide bonds. The maximum atomic E-state index is 5.53. The molecule has 1 aliphatic rings. The Morgan fingerprint density at radius 3 is 2.90 bits per heavy atom. The highest BCUT2D eigenvalue weighted by Crippen LogP contribution is 2.20. The van der Waals surface area contributed by atoms with E-state index in [2.05, 4.69) is 48.8 Å². The molecule has 3 heterocycles. The first-order valence-corrected chi connectivity index (χ1v) is 10.3. The number of imidazole rings is 1. The molecule has 0 bridgehead atoms. The van der Waals surface area contributed by atoms with Gasteiger partial charge in [0.1, 0.15) is 18.3 Å². The fourth-order valence-corrected chi connectivity index (χ4v) is 3.70. The minimum atomic E-state index is 0. The Morgan fingerprint density at radius 1 is 1.30 bits per heavy atom. The molecule has 0 saturated heterocycles. The molecule has 3 aromatic rings. The van der Waals surface area contributed by atoms with E-state index >= 15 is 0 Å². The SMILES string of the molecule is CN(CCC(CC1=COCO1)NCc1ccccc1)c1nc(-n2ccnc2)ns1.Cl. The smallest absolute Gasteiger partial charge is 0.248 e. The van der Waals surface area contributed by atoms with Gasteiger partial charge < -0.3 is 19.7 Å². The van der Waals surface area contributed by atoms with Crippen molar-refractivity contribution < 1.29 is 9.47 Å². The molecule has 0 spiro atoms. The number of hydrogen-bond acceptors (Lipinski definition) is 8. The molecule has 0 radical (unpaired) electrons. The van der Waals surface area contributed by atoms with E-state index in [0.29, 0.717) is 12.7 Å². The average molecular weight is 449 g/mol. The molecule has 1 N–H and O–H groups in total.